The van der Waals surface area contributed by atoms with Crippen LogP contribution in [0.3, 0.4) is 0 Å². The molecule has 0 N–H and O–H groups in total. The molecule has 2 rings (SSSR count). The van der Waals surface area contributed by atoms with Crippen molar-refractivity contribution in [3.63, 3.8) is 0 Å². The molecule has 0 unspecified atom stereocenters. The zero-order valence-electron chi connectivity index (χ0n) is 13.4. The van der Waals surface area contributed by atoms with E-state index in [4.69, 9.17) is 0 Å². The monoisotopic (exact) mass is 299 g/mol. The van der Waals surface area contributed by atoms with Gasteiger partial charge in [-0.2, -0.15) is 0 Å². The van der Waals surface area contributed by atoms with E-state index in [2.05, 4.69) is 6.07 Å². The van der Waals surface area contributed by atoms with Gasteiger partial charge in [0.2, 0.25) is 5.91 Å². The first-order valence-electron chi connectivity index (χ1n) is 7.63. The molecule has 0 radical (unpaired) electrons. The predicted molar refractivity (Wildman–Crippen MR) is 88.7 cm³/mol. The number of carbonyl (C=O) groups excluding carboxylic acids is 1. The van der Waals surface area contributed by atoms with Gasteiger partial charge in [0.15, 0.2) is 0 Å². The highest BCUT2D eigenvalue weighted by Crippen LogP contribution is 2.22. The number of hydrogen-bond donors (Lipinski definition) is 0. The second kappa shape index (κ2) is 7.21. The quantitative estimate of drug-likeness (QED) is 0.800. The third kappa shape index (κ3) is 3.94. The summed E-state index contributed by atoms with van der Waals surface area (Å²) in [5.41, 5.74) is 4.09. The molecule has 0 heterocycles. The molecule has 3 heteroatoms. The Morgan fingerprint density at radius 3 is 2.55 bits per heavy atom. The highest BCUT2D eigenvalue weighted by atomic mass is 19.1. The Morgan fingerprint density at radius 2 is 1.91 bits per heavy atom. The summed E-state index contributed by atoms with van der Waals surface area (Å²) < 4.78 is 13.2. The molecule has 0 fully saturated rings. The number of anilines is 1. The molecule has 0 aliphatic carbocycles. The third-order valence-corrected chi connectivity index (χ3v) is 3.78. The van der Waals surface area contributed by atoms with Crippen LogP contribution in [0.4, 0.5) is 10.1 Å². The SMILES string of the molecule is CCN(C(=O)CCc1cccc(F)c1)c1ccc(C)cc1C. The minimum atomic E-state index is -0.258. The van der Waals surface area contributed by atoms with Gasteiger partial charge in [-0.05, 0) is 56.5 Å². The summed E-state index contributed by atoms with van der Waals surface area (Å²) in [5.74, 6) is -0.189. The summed E-state index contributed by atoms with van der Waals surface area (Å²) in [6.07, 6.45) is 0.933. The zero-order chi connectivity index (χ0) is 16.1. The molecule has 0 atom stereocenters. The van der Waals surface area contributed by atoms with Crippen LogP contribution in [0.1, 0.15) is 30.0 Å². The molecule has 0 saturated heterocycles. The Balaban J connectivity index is 2.09. The summed E-state index contributed by atoms with van der Waals surface area (Å²) in [6, 6.07) is 12.5. The Morgan fingerprint density at radius 1 is 1.14 bits per heavy atom. The van der Waals surface area contributed by atoms with Crippen LogP contribution in [-0.4, -0.2) is 12.5 Å². The Kier molecular flexibility index (Phi) is 5.31. The molecule has 2 nitrogen and oxygen atoms in total. The van der Waals surface area contributed by atoms with E-state index in [9.17, 15) is 9.18 Å². The molecular formula is C19H22FNO. The van der Waals surface area contributed by atoms with Crippen molar-refractivity contribution >= 4 is 11.6 Å². The van der Waals surface area contributed by atoms with Gasteiger partial charge >= 0.3 is 0 Å². The van der Waals surface area contributed by atoms with E-state index in [0.717, 1.165) is 16.8 Å². The molecule has 1 amide bonds. The summed E-state index contributed by atoms with van der Waals surface area (Å²) in [6.45, 7) is 6.66. The molecule has 0 aliphatic heterocycles. The average molecular weight is 299 g/mol. The smallest absolute Gasteiger partial charge is 0.227 e. The normalized spacial score (nSPS) is 10.5. The highest BCUT2D eigenvalue weighted by Gasteiger charge is 2.15. The van der Waals surface area contributed by atoms with Crippen molar-refractivity contribution in [2.24, 2.45) is 0 Å². The molecule has 2 aromatic carbocycles. The summed E-state index contributed by atoms with van der Waals surface area (Å²) in [4.78, 5) is 14.3. The van der Waals surface area contributed by atoms with Crippen LogP contribution in [-0.2, 0) is 11.2 Å². The number of nitrogens with zero attached hydrogens (tertiary/aromatic N) is 1. The van der Waals surface area contributed by atoms with Crippen LogP contribution >= 0.6 is 0 Å². The highest BCUT2D eigenvalue weighted by molar-refractivity contribution is 5.94. The lowest BCUT2D eigenvalue weighted by Crippen LogP contribution is -2.31. The number of rotatable bonds is 5. The maximum Gasteiger partial charge on any atom is 0.227 e. The van der Waals surface area contributed by atoms with Crippen LogP contribution in [0.5, 0.6) is 0 Å². The molecule has 0 spiro atoms. The van der Waals surface area contributed by atoms with Crippen molar-refractivity contribution in [3.8, 4) is 0 Å². The van der Waals surface area contributed by atoms with E-state index in [0.29, 0.717) is 19.4 Å². The molecule has 0 bridgehead atoms. The van der Waals surface area contributed by atoms with E-state index < -0.39 is 0 Å². The summed E-state index contributed by atoms with van der Waals surface area (Å²) in [7, 11) is 0. The summed E-state index contributed by atoms with van der Waals surface area (Å²) in [5, 5.41) is 0. The van der Waals surface area contributed by atoms with E-state index in [1.807, 2.05) is 39.0 Å². The number of hydrogen-bond acceptors (Lipinski definition) is 1. The Bertz CT molecular complexity index is 666. The molecule has 2 aromatic rings. The lowest BCUT2D eigenvalue weighted by Gasteiger charge is -2.23. The van der Waals surface area contributed by atoms with Gasteiger partial charge in [-0.1, -0.05) is 29.8 Å². The van der Waals surface area contributed by atoms with Crippen LogP contribution in [0, 0.1) is 19.7 Å². The van der Waals surface area contributed by atoms with Crippen molar-refractivity contribution in [1.29, 1.82) is 0 Å². The van der Waals surface area contributed by atoms with E-state index in [1.165, 1.54) is 17.7 Å². The fraction of sp³-hybridized carbons (Fsp3) is 0.316. The topological polar surface area (TPSA) is 20.3 Å². The van der Waals surface area contributed by atoms with Gasteiger partial charge in [0.25, 0.3) is 0 Å². The van der Waals surface area contributed by atoms with Crippen molar-refractivity contribution in [2.45, 2.75) is 33.6 Å². The number of benzene rings is 2. The van der Waals surface area contributed by atoms with Gasteiger partial charge in [-0.25, -0.2) is 4.39 Å². The first-order valence-corrected chi connectivity index (χ1v) is 7.63. The number of amides is 1. The fourth-order valence-electron chi connectivity index (χ4n) is 2.67. The van der Waals surface area contributed by atoms with Crippen molar-refractivity contribution in [1.82, 2.24) is 0 Å². The average Bonchev–Trinajstić information content (AvgIpc) is 2.48. The van der Waals surface area contributed by atoms with Crippen LogP contribution < -0.4 is 4.90 Å². The number of halogens is 1. The number of aryl methyl sites for hydroxylation is 3. The van der Waals surface area contributed by atoms with E-state index in [1.54, 1.807) is 11.0 Å². The van der Waals surface area contributed by atoms with Crippen LogP contribution in [0.15, 0.2) is 42.5 Å². The molecule has 22 heavy (non-hydrogen) atoms. The van der Waals surface area contributed by atoms with Crippen LogP contribution in [0.25, 0.3) is 0 Å². The molecule has 0 aromatic heterocycles. The fourth-order valence-corrected chi connectivity index (χ4v) is 2.67. The van der Waals surface area contributed by atoms with Gasteiger partial charge in [-0.3, -0.25) is 4.79 Å². The minimum Gasteiger partial charge on any atom is -0.312 e. The number of carbonyl (C=O) groups is 1. The minimum absolute atomic E-state index is 0.0683. The maximum atomic E-state index is 13.2. The lowest BCUT2D eigenvalue weighted by atomic mass is 10.1. The molecule has 116 valence electrons. The third-order valence-electron chi connectivity index (χ3n) is 3.78. The van der Waals surface area contributed by atoms with Gasteiger partial charge in [-0.15, -0.1) is 0 Å². The zero-order valence-corrected chi connectivity index (χ0v) is 13.4. The van der Waals surface area contributed by atoms with Gasteiger partial charge in [0.05, 0.1) is 0 Å². The van der Waals surface area contributed by atoms with Gasteiger partial charge < -0.3 is 4.90 Å². The van der Waals surface area contributed by atoms with E-state index >= 15 is 0 Å². The van der Waals surface area contributed by atoms with Crippen LogP contribution in [0.2, 0.25) is 0 Å². The first-order chi connectivity index (χ1) is 10.5. The first kappa shape index (κ1) is 16.2. The second-order valence-corrected chi connectivity index (χ2v) is 5.56. The van der Waals surface area contributed by atoms with Crippen molar-refractivity contribution in [2.75, 3.05) is 11.4 Å². The van der Waals surface area contributed by atoms with Gasteiger partial charge in [0, 0.05) is 18.7 Å². The standard InChI is InChI=1S/C19H22FNO/c1-4-21(18-10-8-14(2)12-15(18)3)19(22)11-9-16-6-5-7-17(20)13-16/h5-8,10,12-13H,4,9,11H2,1-3H3. The predicted octanol–water partition coefficient (Wildman–Crippen LogP) is 4.43. The maximum absolute atomic E-state index is 13.2. The Hall–Kier alpha value is -2.16. The van der Waals surface area contributed by atoms with E-state index in [-0.39, 0.29) is 11.7 Å². The molecular weight excluding hydrogens is 277 g/mol. The van der Waals surface area contributed by atoms with Gasteiger partial charge in [0.1, 0.15) is 5.82 Å². The molecule has 0 aliphatic rings. The largest absolute Gasteiger partial charge is 0.312 e. The second-order valence-electron chi connectivity index (χ2n) is 5.56. The summed E-state index contributed by atoms with van der Waals surface area (Å²) >= 11 is 0. The van der Waals surface area contributed by atoms with Crippen molar-refractivity contribution < 1.29 is 9.18 Å². The Labute approximate surface area is 131 Å². The lowest BCUT2D eigenvalue weighted by molar-refractivity contribution is -0.118. The van der Waals surface area contributed by atoms with Crippen molar-refractivity contribution in [3.05, 3.63) is 65.0 Å². The molecule has 0 saturated carbocycles.